The zero-order valence-corrected chi connectivity index (χ0v) is 8.48. The summed E-state index contributed by atoms with van der Waals surface area (Å²) in [7, 11) is 0. The first-order valence-corrected chi connectivity index (χ1v) is 4.60. The van der Waals surface area contributed by atoms with Crippen molar-refractivity contribution in [3.05, 3.63) is 30.5 Å². The molecular weight excluding hydrogens is 212 g/mol. The van der Waals surface area contributed by atoms with Crippen molar-refractivity contribution < 1.29 is 5.21 Å². The Kier molecular flexibility index (Phi) is 2.34. The zero-order valence-electron chi connectivity index (χ0n) is 7.66. The van der Waals surface area contributed by atoms with Crippen molar-refractivity contribution in [2.24, 2.45) is 16.0 Å². The quantitative estimate of drug-likeness (QED) is 0.439. The molecule has 5 nitrogen and oxygen atoms in total. The van der Waals surface area contributed by atoms with Gasteiger partial charge in [-0.2, -0.15) is 4.73 Å². The number of benzene rings is 1. The molecule has 0 aliphatic heterocycles. The van der Waals surface area contributed by atoms with Gasteiger partial charge in [-0.25, -0.2) is 0 Å². The highest BCUT2D eigenvalue weighted by Crippen LogP contribution is 2.27. The van der Waals surface area contributed by atoms with Gasteiger partial charge in [-0.15, -0.1) is 10.2 Å². The molecule has 0 unspecified atom stereocenters. The van der Waals surface area contributed by atoms with Gasteiger partial charge in [-0.05, 0) is 18.3 Å². The summed E-state index contributed by atoms with van der Waals surface area (Å²) >= 11 is 4.57. The molecule has 2 rings (SSSR count). The molecule has 0 amide bonds. The first kappa shape index (κ1) is 9.60. The van der Waals surface area contributed by atoms with Crippen molar-refractivity contribution >= 4 is 33.9 Å². The monoisotopic (exact) mass is 220 g/mol. The summed E-state index contributed by atoms with van der Waals surface area (Å²) in [5, 5.41) is 17.7. The Bertz CT molecular complexity index is 546. The topological polar surface area (TPSA) is 75.9 Å². The van der Waals surface area contributed by atoms with Gasteiger partial charge in [0.05, 0.1) is 11.7 Å². The van der Waals surface area contributed by atoms with Crippen molar-refractivity contribution in [1.82, 2.24) is 4.73 Å². The number of nitrogens with two attached hydrogens (primary N) is 1. The fraction of sp³-hybridized carbons (Fsp3) is 0. The maximum atomic E-state index is 9.51. The molecular formula is C9H8N4OS. The molecule has 0 spiro atoms. The zero-order chi connectivity index (χ0) is 10.8. The van der Waals surface area contributed by atoms with Gasteiger partial charge >= 0.3 is 0 Å². The standard InChI is InChI=1S/C9H8N4OS/c10-9(15)12-11-7-5-13(14)8-4-2-1-3-6(7)8/h1-5,14H,(H2,10,15). The Labute approximate surface area is 90.8 Å². The highest BCUT2D eigenvalue weighted by molar-refractivity contribution is 7.80. The number of aromatic nitrogens is 1. The minimum atomic E-state index is -0.0372. The van der Waals surface area contributed by atoms with Gasteiger partial charge in [0.15, 0.2) is 0 Å². The Morgan fingerprint density at radius 3 is 2.87 bits per heavy atom. The summed E-state index contributed by atoms with van der Waals surface area (Å²) in [5.74, 6) is 0. The first-order chi connectivity index (χ1) is 7.18. The maximum absolute atomic E-state index is 9.51. The van der Waals surface area contributed by atoms with E-state index in [9.17, 15) is 5.21 Å². The third kappa shape index (κ3) is 1.79. The highest BCUT2D eigenvalue weighted by Gasteiger charge is 2.05. The van der Waals surface area contributed by atoms with Crippen LogP contribution in [0.1, 0.15) is 0 Å². The lowest BCUT2D eigenvalue weighted by atomic mass is 10.2. The predicted octanol–water partition coefficient (Wildman–Crippen LogP) is 2.21. The summed E-state index contributed by atoms with van der Waals surface area (Å²) in [6.07, 6.45) is 1.45. The lowest BCUT2D eigenvalue weighted by Gasteiger charge is -1.91. The normalized spacial score (nSPS) is 11.2. The maximum Gasteiger partial charge on any atom is 0.211 e. The van der Waals surface area contributed by atoms with Crippen LogP contribution in [-0.2, 0) is 0 Å². The van der Waals surface area contributed by atoms with E-state index < -0.39 is 0 Å². The van der Waals surface area contributed by atoms with Crippen molar-refractivity contribution in [1.29, 1.82) is 0 Å². The molecule has 1 aromatic heterocycles. The van der Waals surface area contributed by atoms with Crippen molar-refractivity contribution in [3.8, 4) is 0 Å². The van der Waals surface area contributed by atoms with Crippen LogP contribution in [0.3, 0.4) is 0 Å². The number of para-hydroxylation sites is 1. The van der Waals surface area contributed by atoms with Crippen LogP contribution in [0, 0.1) is 0 Å². The molecule has 2 aromatic rings. The van der Waals surface area contributed by atoms with E-state index in [4.69, 9.17) is 5.73 Å². The molecule has 1 aromatic carbocycles. The van der Waals surface area contributed by atoms with E-state index in [-0.39, 0.29) is 5.11 Å². The van der Waals surface area contributed by atoms with Crippen LogP contribution >= 0.6 is 12.2 Å². The number of azo groups is 1. The third-order valence-electron chi connectivity index (χ3n) is 1.93. The molecule has 76 valence electrons. The number of fused-ring (bicyclic) bond motifs is 1. The fourth-order valence-corrected chi connectivity index (χ4v) is 1.37. The number of thiocarbonyl (C=S) groups is 1. The predicted molar refractivity (Wildman–Crippen MR) is 60.4 cm³/mol. The second-order valence-corrected chi connectivity index (χ2v) is 3.33. The lowest BCUT2D eigenvalue weighted by molar-refractivity contribution is 0.200. The largest absolute Gasteiger partial charge is 0.428 e. The molecule has 0 aliphatic carbocycles. The summed E-state index contributed by atoms with van der Waals surface area (Å²) in [6.45, 7) is 0. The number of nitrogens with zero attached hydrogens (tertiary/aromatic N) is 3. The van der Waals surface area contributed by atoms with Crippen molar-refractivity contribution in [3.63, 3.8) is 0 Å². The minimum Gasteiger partial charge on any atom is -0.428 e. The second-order valence-electron chi connectivity index (χ2n) is 2.91. The summed E-state index contributed by atoms with van der Waals surface area (Å²) in [6, 6.07) is 7.27. The van der Waals surface area contributed by atoms with Gasteiger partial charge in [0.1, 0.15) is 5.69 Å². The van der Waals surface area contributed by atoms with Gasteiger partial charge in [-0.3, -0.25) is 0 Å². The summed E-state index contributed by atoms with van der Waals surface area (Å²) in [4.78, 5) is 0. The Balaban J connectivity index is 2.57. The van der Waals surface area contributed by atoms with Crippen LogP contribution in [0.15, 0.2) is 40.7 Å². The molecule has 1 heterocycles. The molecule has 0 bridgehead atoms. The van der Waals surface area contributed by atoms with Crippen LogP contribution < -0.4 is 5.73 Å². The van der Waals surface area contributed by atoms with E-state index in [0.717, 1.165) is 10.1 Å². The van der Waals surface area contributed by atoms with Gasteiger partial charge < -0.3 is 10.9 Å². The average Bonchev–Trinajstić information content (AvgIpc) is 2.54. The van der Waals surface area contributed by atoms with Gasteiger partial charge in [0, 0.05) is 5.39 Å². The highest BCUT2D eigenvalue weighted by atomic mass is 32.1. The molecule has 0 radical (unpaired) electrons. The Morgan fingerprint density at radius 1 is 1.40 bits per heavy atom. The second kappa shape index (κ2) is 3.66. The van der Waals surface area contributed by atoms with Gasteiger partial charge in [0.25, 0.3) is 0 Å². The first-order valence-electron chi connectivity index (χ1n) is 4.19. The molecule has 3 N–H and O–H groups in total. The third-order valence-corrected chi connectivity index (χ3v) is 2.01. The number of hydrogen-bond acceptors (Lipinski definition) is 3. The van der Waals surface area contributed by atoms with E-state index in [2.05, 4.69) is 22.4 Å². The van der Waals surface area contributed by atoms with Crippen LogP contribution in [0.5, 0.6) is 0 Å². The van der Waals surface area contributed by atoms with E-state index in [1.54, 1.807) is 6.07 Å². The average molecular weight is 220 g/mol. The smallest absolute Gasteiger partial charge is 0.211 e. The van der Waals surface area contributed by atoms with Crippen molar-refractivity contribution in [2.75, 3.05) is 0 Å². The molecule has 15 heavy (non-hydrogen) atoms. The van der Waals surface area contributed by atoms with Gasteiger partial charge in [-0.1, -0.05) is 18.2 Å². The van der Waals surface area contributed by atoms with E-state index in [1.807, 2.05) is 18.2 Å². The molecule has 0 fully saturated rings. The van der Waals surface area contributed by atoms with Gasteiger partial charge in [0.2, 0.25) is 5.11 Å². The fourth-order valence-electron chi connectivity index (χ4n) is 1.33. The lowest BCUT2D eigenvalue weighted by Crippen LogP contribution is -2.01. The van der Waals surface area contributed by atoms with Crippen LogP contribution in [-0.4, -0.2) is 15.1 Å². The number of hydrogen-bond donors (Lipinski definition) is 2. The Hall–Kier alpha value is -1.95. The van der Waals surface area contributed by atoms with Crippen LogP contribution in [0.2, 0.25) is 0 Å². The molecule has 0 atom stereocenters. The molecule has 6 heteroatoms. The minimum absolute atomic E-state index is 0.0372. The SMILES string of the molecule is NC(=S)N=Nc1cn(O)c2ccccc12. The summed E-state index contributed by atoms with van der Waals surface area (Å²) < 4.78 is 0.989. The molecule has 0 aliphatic rings. The Morgan fingerprint density at radius 2 is 2.13 bits per heavy atom. The molecule has 0 saturated heterocycles. The van der Waals surface area contributed by atoms with E-state index in [0.29, 0.717) is 11.2 Å². The van der Waals surface area contributed by atoms with Crippen LogP contribution in [0.25, 0.3) is 10.9 Å². The number of rotatable bonds is 1. The van der Waals surface area contributed by atoms with Crippen molar-refractivity contribution in [2.45, 2.75) is 0 Å². The van der Waals surface area contributed by atoms with E-state index >= 15 is 0 Å². The molecule has 0 saturated carbocycles. The van der Waals surface area contributed by atoms with E-state index in [1.165, 1.54) is 6.20 Å². The van der Waals surface area contributed by atoms with Crippen LogP contribution in [0.4, 0.5) is 5.69 Å². The summed E-state index contributed by atoms with van der Waals surface area (Å²) in [5.41, 5.74) is 6.38.